The Morgan fingerprint density at radius 3 is 2.83 bits per heavy atom. The molecule has 0 aromatic heterocycles. The highest BCUT2D eigenvalue weighted by Gasteiger charge is 2.15. The number of guanidine groups is 1. The highest BCUT2D eigenvalue weighted by atomic mass is 127. The third kappa shape index (κ3) is 9.77. The fourth-order valence-corrected chi connectivity index (χ4v) is 2.78. The number of benzene rings is 1. The van der Waals surface area contributed by atoms with Gasteiger partial charge in [0.05, 0.1) is 20.3 Å². The first kappa shape index (κ1) is 25.6. The number of hydrogen-bond donors (Lipinski definition) is 2. The van der Waals surface area contributed by atoms with Gasteiger partial charge in [-0.15, -0.1) is 24.0 Å². The van der Waals surface area contributed by atoms with E-state index in [2.05, 4.69) is 20.4 Å². The molecule has 1 heterocycles. The van der Waals surface area contributed by atoms with Crippen LogP contribution in [0.3, 0.4) is 0 Å². The van der Waals surface area contributed by atoms with Crippen LogP contribution >= 0.6 is 24.0 Å². The summed E-state index contributed by atoms with van der Waals surface area (Å²) in [7, 11) is 3.16. The van der Waals surface area contributed by atoms with E-state index in [0.29, 0.717) is 36.3 Å². The number of rotatable bonds is 11. The molecule has 1 fully saturated rings. The van der Waals surface area contributed by atoms with E-state index in [9.17, 15) is 8.78 Å². The Bertz CT molecular complexity index is 617. The first-order chi connectivity index (χ1) is 13.6. The molecule has 2 N–H and O–H groups in total. The third-order valence-electron chi connectivity index (χ3n) is 4.29. The van der Waals surface area contributed by atoms with Gasteiger partial charge in [-0.3, -0.25) is 4.99 Å². The smallest absolute Gasteiger partial charge is 0.387 e. The number of nitrogens with zero attached hydrogens (tertiary/aromatic N) is 1. The Hall–Kier alpha value is -1.40. The molecule has 7 nitrogen and oxygen atoms in total. The van der Waals surface area contributed by atoms with Crippen LogP contribution in [-0.4, -0.2) is 59.7 Å². The SMILES string of the molecule is CN=C(NCCCOCC1CCOC1)NCc1cc(OC)ccc1OC(F)F.I. The van der Waals surface area contributed by atoms with Crippen molar-refractivity contribution < 1.29 is 27.7 Å². The number of aliphatic imine (C=N–C) groups is 1. The summed E-state index contributed by atoms with van der Waals surface area (Å²) in [4.78, 5) is 4.13. The lowest BCUT2D eigenvalue weighted by Crippen LogP contribution is -2.37. The van der Waals surface area contributed by atoms with Crippen molar-refractivity contribution in [3.63, 3.8) is 0 Å². The van der Waals surface area contributed by atoms with Gasteiger partial charge in [0.15, 0.2) is 5.96 Å². The molecule has 1 atom stereocenters. The molecule has 166 valence electrons. The van der Waals surface area contributed by atoms with Gasteiger partial charge in [0.1, 0.15) is 11.5 Å². The van der Waals surface area contributed by atoms with E-state index in [1.165, 1.54) is 13.2 Å². The molecule has 1 aliphatic rings. The number of methoxy groups -OCH3 is 1. The topological polar surface area (TPSA) is 73.3 Å². The third-order valence-corrected chi connectivity index (χ3v) is 4.29. The zero-order valence-corrected chi connectivity index (χ0v) is 19.1. The van der Waals surface area contributed by atoms with Crippen molar-refractivity contribution in [1.29, 1.82) is 0 Å². The minimum absolute atomic E-state index is 0. The van der Waals surface area contributed by atoms with Crippen LogP contribution in [-0.2, 0) is 16.0 Å². The summed E-state index contributed by atoms with van der Waals surface area (Å²) in [5.41, 5.74) is 0.546. The van der Waals surface area contributed by atoms with Crippen molar-refractivity contribution in [2.45, 2.75) is 26.0 Å². The average molecular weight is 529 g/mol. The second kappa shape index (κ2) is 14.6. The predicted octanol–water partition coefficient (Wildman–Crippen LogP) is 3.02. The van der Waals surface area contributed by atoms with Crippen molar-refractivity contribution in [1.82, 2.24) is 10.6 Å². The first-order valence-corrected chi connectivity index (χ1v) is 9.34. The van der Waals surface area contributed by atoms with Crippen LogP contribution in [0.4, 0.5) is 8.78 Å². The lowest BCUT2D eigenvalue weighted by atomic mass is 10.1. The van der Waals surface area contributed by atoms with Crippen LogP contribution in [0.2, 0.25) is 0 Å². The summed E-state index contributed by atoms with van der Waals surface area (Å²) in [5, 5.41) is 6.26. The lowest BCUT2D eigenvalue weighted by Gasteiger charge is -2.15. The summed E-state index contributed by atoms with van der Waals surface area (Å²) in [5.74, 6) is 1.74. The number of halogens is 3. The van der Waals surface area contributed by atoms with Crippen LogP contribution in [0.15, 0.2) is 23.2 Å². The Balaban J connectivity index is 0.00000420. The molecule has 1 saturated heterocycles. The monoisotopic (exact) mass is 529 g/mol. The summed E-state index contributed by atoms with van der Waals surface area (Å²) < 4.78 is 45.9. The van der Waals surface area contributed by atoms with E-state index in [-0.39, 0.29) is 36.3 Å². The first-order valence-electron chi connectivity index (χ1n) is 9.34. The lowest BCUT2D eigenvalue weighted by molar-refractivity contribution is -0.0504. The van der Waals surface area contributed by atoms with Gasteiger partial charge in [-0.2, -0.15) is 8.78 Å². The van der Waals surface area contributed by atoms with Gasteiger partial charge in [0, 0.05) is 44.8 Å². The van der Waals surface area contributed by atoms with Crippen molar-refractivity contribution in [2.75, 3.05) is 47.1 Å². The molecule has 0 saturated carbocycles. The Kier molecular flexibility index (Phi) is 12.9. The number of hydrogen-bond acceptors (Lipinski definition) is 5. The highest BCUT2D eigenvalue weighted by Crippen LogP contribution is 2.25. The van der Waals surface area contributed by atoms with Gasteiger partial charge in [-0.05, 0) is 31.0 Å². The van der Waals surface area contributed by atoms with E-state index in [4.69, 9.17) is 14.2 Å². The minimum Gasteiger partial charge on any atom is -0.497 e. The minimum atomic E-state index is -2.89. The molecule has 0 bridgehead atoms. The molecule has 1 aliphatic heterocycles. The van der Waals surface area contributed by atoms with Gasteiger partial charge >= 0.3 is 6.61 Å². The molecular formula is C19H30F2IN3O4. The summed E-state index contributed by atoms with van der Waals surface area (Å²) in [6.45, 7) is 1.06. The summed E-state index contributed by atoms with van der Waals surface area (Å²) in [6, 6.07) is 4.69. The molecule has 0 amide bonds. The number of nitrogens with one attached hydrogen (secondary N) is 2. The fourth-order valence-electron chi connectivity index (χ4n) is 2.78. The molecule has 1 aromatic carbocycles. The van der Waals surface area contributed by atoms with Crippen LogP contribution in [0.25, 0.3) is 0 Å². The van der Waals surface area contributed by atoms with E-state index in [0.717, 1.165) is 32.7 Å². The van der Waals surface area contributed by atoms with Gasteiger partial charge in [0.25, 0.3) is 0 Å². The standard InChI is InChI=1S/C19H29F2N3O4.HI/c1-22-19(23-7-3-8-26-12-14-6-9-27-13-14)24-11-15-10-16(25-2)4-5-17(15)28-18(20)21;/h4-5,10,14,18H,3,6-9,11-13H2,1-2H3,(H2,22,23,24);1H. The van der Waals surface area contributed by atoms with E-state index < -0.39 is 6.61 Å². The van der Waals surface area contributed by atoms with Crippen molar-refractivity contribution in [3.05, 3.63) is 23.8 Å². The number of ether oxygens (including phenoxy) is 4. The Morgan fingerprint density at radius 2 is 2.17 bits per heavy atom. The van der Waals surface area contributed by atoms with Gasteiger partial charge in [-0.25, -0.2) is 0 Å². The van der Waals surface area contributed by atoms with Crippen molar-refractivity contribution >= 4 is 29.9 Å². The molecule has 0 radical (unpaired) electrons. The largest absolute Gasteiger partial charge is 0.497 e. The van der Waals surface area contributed by atoms with Gasteiger partial charge in [-0.1, -0.05) is 0 Å². The maximum absolute atomic E-state index is 12.6. The van der Waals surface area contributed by atoms with Crippen molar-refractivity contribution in [2.24, 2.45) is 10.9 Å². The Labute approximate surface area is 187 Å². The van der Waals surface area contributed by atoms with Crippen molar-refractivity contribution in [3.8, 4) is 11.5 Å². The molecular weight excluding hydrogens is 499 g/mol. The fraction of sp³-hybridized carbons (Fsp3) is 0.632. The number of alkyl halides is 2. The van der Waals surface area contributed by atoms with E-state index in [1.54, 1.807) is 19.2 Å². The molecule has 2 rings (SSSR count). The van der Waals surface area contributed by atoms with Crippen LogP contribution < -0.4 is 20.1 Å². The molecule has 1 unspecified atom stereocenters. The second-order valence-corrected chi connectivity index (χ2v) is 6.36. The zero-order valence-electron chi connectivity index (χ0n) is 16.8. The van der Waals surface area contributed by atoms with Crippen LogP contribution in [0.5, 0.6) is 11.5 Å². The molecule has 0 spiro atoms. The zero-order chi connectivity index (χ0) is 20.2. The Morgan fingerprint density at radius 1 is 1.34 bits per heavy atom. The normalized spacial score (nSPS) is 16.4. The van der Waals surface area contributed by atoms with Gasteiger partial charge in [0.2, 0.25) is 0 Å². The molecule has 0 aliphatic carbocycles. The second-order valence-electron chi connectivity index (χ2n) is 6.36. The van der Waals surface area contributed by atoms with Crippen LogP contribution in [0, 0.1) is 5.92 Å². The predicted molar refractivity (Wildman–Crippen MR) is 118 cm³/mol. The highest BCUT2D eigenvalue weighted by molar-refractivity contribution is 14.0. The van der Waals surface area contributed by atoms with Crippen LogP contribution in [0.1, 0.15) is 18.4 Å². The van der Waals surface area contributed by atoms with E-state index in [1.807, 2.05) is 0 Å². The maximum atomic E-state index is 12.6. The summed E-state index contributed by atoms with van der Waals surface area (Å²) >= 11 is 0. The quantitative estimate of drug-likeness (QED) is 0.199. The molecule has 29 heavy (non-hydrogen) atoms. The molecule has 1 aromatic rings. The summed E-state index contributed by atoms with van der Waals surface area (Å²) in [6.07, 6.45) is 1.89. The van der Waals surface area contributed by atoms with Gasteiger partial charge < -0.3 is 29.6 Å². The average Bonchev–Trinajstić information content (AvgIpc) is 3.20. The molecule has 10 heteroatoms. The van der Waals surface area contributed by atoms with E-state index >= 15 is 0 Å². The maximum Gasteiger partial charge on any atom is 0.387 e.